The van der Waals surface area contributed by atoms with E-state index in [1.165, 1.54) is 0 Å². The van der Waals surface area contributed by atoms with E-state index in [-0.39, 0.29) is 0 Å². The summed E-state index contributed by atoms with van der Waals surface area (Å²) < 4.78 is 0. The van der Waals surface area contributed by atoms with Crippen molar-refractivity contribution in [3.63, 3.8) is 0 Å². The summed E-state index contributed by atoms with van der Waals surface area (Å²) in [6.07, 6.45) is 0. The number of rotatable bonds is 3. The van der Waals surface area contributed by atoms with E-state index in [0.29, 0.717) is 0 Å². The van der Waals surface area contributed by atoms with Crippen molar-refractivity contribution >= 4 is 11.7 Å². The Labute approximate surface area is 106 Å². The zero-order chi connectivity index (χ0) is 13.0. The summed E-state index contributed by atoms with van der Waals surface area (Å²) in [5.41, 5.74) is 10.7. The van der Waals surface area contributed by atoms with E-state index in [4.69, 9.17) is 5.73 Å². The number of primary amides is 1. The number of nitrogens with two attached hydrogens (primary N) is 1. The number of hydrazine groups is 1. The average molecular weight is 241 g/mol. The van der Waals surface area contributed by atoms with Gasteiger partial charge in [-0.25, -0.2) is 10.2 Å². The minimum atomic E-state index is -0.583. The van der Waals surface area contributed by atoms with Crippen molar-refractivity contribution in [2.75, 3.05) is 12.1 Å². The molecule has 2 amide bonds. The normalized spacial score (nSPS) is 9.83. The molecule has 0 fully saturated rings. The molecule has 0 saturated heterocycles. The zero-order valence-electron chi connectivity index (χ0n) is 10.1. The van der Waals surface area contributed by atoms with E-state index in [9.17, 15) is 4.79 Å². The van der Waals surface area contributed by atoms with Gasteiger partial charge in [-0.2, -0.15) is 0 Å². The van der Waals surface area contributed by atoms with Gasteiger partial charge in [-0.15, -0.1) is 0 Å². The highest BCUT2D eigenvalue weighted by molar-refractivity contribution is 5.81. The Balaban J connectivity index is 2.40. The molecule has 0 aliphatic carbocycles. The summed E-state index contributed by atoms with van der Waals surface area (Å²) >= 11 is 0. The highest BCUT2D eigenvalue weighted by Crippen LogP contribution is 2.28. The van der Waals surface area contributed by atoms with E-state index in [2.05, 4.69) is 5.43 Å². The van der Waals surface area contributed by atoms with E-state index < -0.39 is 6.03 Å². The van der Waals surface area contributed by atoms with Crippen molar-refractivity contribution in [2.45, 2.75) is 0 Å². The Bertz CT molecular complexity index is 540. The monoisotopic (exact) mass is 241 g/mol. The van der Waals surface area contributed by atoms with Gasteiger partial charge in [-0.3, -0.25) is 5.01 Å². The van der Waals surface area contributed by atoms with Crippen LogP contribution in [0, 0.1) is 0 Å². The van der Waals surface area contributed by atoms with Gasteiger partial charge in [0.2, 0.25) is 0 Å². The molecule has 3 N–H and O–H groups in total. The second kappa shape index (κ2) is 5.23. The second-order valence-corrected chi connectivity index (χ2v) is 3.92. The Morgan fingerprint density at radius 2 is 1.67 bits per heavy atom. The standard InChI is InChI=1S/C14H15N3O/c1-17(16-14(15)18)13-10-6-5-9-12(13)11-7-3-2-4-8-11/h2-10H,1H3,(H3,15,16,18). The zero-order valence-corrected chi connectivity index (χ0v) is 10.1. The number of carbonyl (C=O) groups excluding carboxylic acids is 1. The molecule has 0 atom stereocenters. The van der Waals surface area contributed by atoms with Crippen molar-refractivity contribution in [1.82, 2.24) is 5.43 Å². The van der Waals surface area contributed by atoms with Crippen LogP contribution in [0.1, 0.15) is 0 Å². The Morgan fingerprint density at radius 3 is 2.33 bits per heavy atom. The lowest BCUT2D eigenvalue weighted by Crippen LogP contribution is -2.42. The molecular weight excluding hydrogens is 226 g/mol. The topological polar surface area (TPSA) is 58.4 Å². The summed E-state index contributed by atoms with van der Waals surface area (Å²) in [7, 11) is 1.76. The molecular formula is C14H15N3O. The number of urea groups is 1. The maximum absolute atomic E-state index is 10.9. The lowest BCUT2D eigenvalue weighted by atomic mass is 10.0. The number of nitrogens with zero attached hydrogens (tertiary/aromatic N) is 1. The fourth-order valence-electron chi connectivity index (χ4n) is 1.85. The second-order valence-electron chi connectivity index (χ2n) is 3.92. The molecule has 2 aromatic carbocycles. The molecule has 0 aliphatic rings. The maximum Gasteiger partial charge on any atom is 0.330 e. The Kier molecular flexibility index (Phi) is 3.48. The number of para-hydroxylation sites is 1. The van der Waals surface area contributed by atoms with Gasteiger partial charge in [0.15, 0.2) is 0 Å². The van der Waals surface area contributed by atoms with Gasteiger partial charge >= 0.3 is 6.03 Å². The molecule has 4 heteroatoms. The van der Waals surface area contributed by atoms with Gasteiger partial charge in [-0.1, -0.05) is 48.5 Å². The highest BCUT2D eigenvalue weighted by atomic mass is 16.2. The van der Waals surface area contributed by atoms with Crippen molar-refractivity contribution < 1.29 is 4.79 Å². The SMILES string of the molecule is CN(NC(N)=O)c1ccccc1-c1ccccc1. The minimum absolute atomic E-state index is 0.583. The third-order valence-electron chi connectivity index (χ3n) is 2.63. The molecule has 4 nitrogen and oxygen atoms in total. The molecule has 18 heavy (non-hydrogen) atoms. The van der Waals surface area contributed by atoms with Gasteiger partial charge in [0.1, 0.15) is 0 Å². The van der Waals surface area contributed by atoms with Crippen LogP contribution in [-0.4, -0.2) is 13.1 Å². The first-order chi connectivity index (χ1) is 8.68. The van der Waals surface area contributed by atoms with Crippen molar-refractivity contribution in [2.24, 2.45) is 5.73 Å². The van der Waals surface area contributed by atoms with E-state index in [1.807, 2.05) is 54.6 Å². The molecule has 2 rings (SSSR count). The maximum atomic E-state index is 10.9. The van der Waals surface area contributed by atoms with Crippen molar-refractivity contribution in [3.05, 3.63) is 54.6 Å². The van der Waals surface area contributed by atoms with Gasteiger partial charge in [0.05, 0.1) is 5.69 Å². The van der Waals surface area contributed by atoms with Crippen LogP contribution in [-0.2, 0) is 0 Å². The van der Waals surface area contributed by atoms with Crippen molar-refractivity contribution in [1.29, 1.82) is 0 Å². The van der Waals surface area contributed by atoms with E-state index >= 15 is 0 Å². The third-order valence-corrected chi connectivity index (χ3v) is 2.63. The van der Waals surface area contributed by atoms with Crippen LogP contribution in [0.3, 0.4) is 0 Å². The summed E-state index contributed by atoms with van der Waals surface area (Å²) in [5.74, 6) is 0. The van der Waals surface area contributed by atoms with Crippen LogP contribution in [0.15, 0.2) is 54.6 Å². The average Bonchev–Trinajstić information content (AvgIpc) is 2.39. The molecule has 0 saturated carbocycles. The number of benzene rings is 2. The minimum Gasteiger partial charge on any atom is -0.350 e. The fraction of sp³-hybridized carbons (Fsp3) is 0.0714. The number of amides is 2. The van der Waals surface area contributed by atoms with Crippen LogP contribution >= 0.6 is 0 Å². The van der Waals surface area contributed by atoms with Crippen LogP contribution in [0.25, 0.3) is 11.1 Å². The number of nitrogens with one attached hydrogen (secondary N) is 1. The number of hydrogen-bond acceptors (Lipinski definition) is 2. The third kappa shape index (κ3) is 2.60. The van der Waals surface area contributed by atoms with Gasteiger partial charge in [0, 0.05) is 12.6 Å². The predicted octanol–water partition coefficient (Wildman–Crippen LogP) is 2.37. The van der Waals surface area contributed by atoms with Gasteiger partial charge < -0.3 is 5.73 Å². The van der Waals surface area contributed by atoms with E-state index in [1.54, 1.807) is 12.1 Å². The predicted molar refractivity (Wildman–Crippen MR) is 73.0 cm³/mol. The molecule has 2 aromatic rings. The van der Waals surface area contributed by atoms with Crippen molar-refractivity contribution in [3.8, 4) is 11.1 Å². The van der Waals surface area contributed by atoms with Gasteiger partial charge in [0.25, 0.3) is 0 Å². The smallest absolute Gasteiger partial charge is 0.330 e. The first kappa shape index (κ1) is 12.0. The summed E-state index contributed by atoms with van der Waals surface area (Å²) in [6, 6.07) is 17.2. The van der Waals surface area contributed by atoms with Crippen LogP contribution in [0.4, 0.5) is 10.5 Å². The quantitative estimate of drug-likeness (QED) is 0.810. The van der Waals surface area contributed by atoms with Crippen LogP contribution in [0.2, 0.25) is 0 Å². The summed E-state index contributed by atoms with van der Waals surface area (Å²) in [4.78, 5) is 10.9. The fourth-order valence-corrected chi connectivity index (χ4v) is 1.85. The highest BCUT2D eigenvalue weighted by Gasteiger charge is 2.09. The molecule has 0 radical (unpaired) electrons. The first-order valence-electron chi connectivity index (χ1n) is 5.63. The lowest BCUT2D eigenvalue weighted by Gasteiger charge is -2.22. The van der Waals surface area contributed by atoms with Crippen LogP contribution < -0.4 is 16.2 Å². The lowest BCUT2D eigenvalue weighted by molar-refractivity contribution is 0.248. The number of carbonyl (C=O) groups is 1. The number of anilines is 1. The molecule has 0 unspecified atom stereocenters. The summed E-state index contributed by atoms with van der Waals surface area (Å²) in [5, 5.41) is 1.62. The molecule has 0 bridgehead atoms. The Hall–Kier alpha value is -2.49. The first-order valence-corrected chi connectivity index (χ1v) is 5.63. The largest absolute Gasteiger partial charge is 0.350 e. The molecule has 0 aromatic heterocycles. The van der Waals surface area contributed by atoms with E-state index in [0.717, 1.165) is 16.8 Å². The van der Waals surface area contributed by atoms with Gasteiger partial charge in [-0.05, 0) is 11.6 Å². The summed E-state index contributed by atoms with van der Waals surface area (Å²) in [6.45, 7) is 0. The molecule has 0 spiro atoms. The molecule has 0 aliphatic heterocycles. The van der Waals surface area contributed by atoms with Crippen LogP contribution in [0.5, 0.6) is 0 Å². The molecule has 92 valence electrons. The Morgan fingerprint density at radius 1 is 1.06 bits per heavy atom. The molecule has 0 heterocycles. The number of hydrogen-bond donors (Lipinski definition) is 2.